The SMILES string of the molecule is Cc1ccc(OCCSc2nc3ccccc3n2CCC(=O)[O-])c(C(C)C)c1. The highest BCUT2D eigenvalue weighted by Crippen LogP contribution is 2.28. The number of carboxylic acids is 1. The van der Waals surface area contributed by atoms with Crippen molar-refractivity contribution in [2.24, 2.45) is 0 Å². The van der Waals surface area contributed by atoms with E-state index in [2.05, 4.69) is 37.9 Å². The van der Waals surface area contributed by atoms with Gasteiger partial charge in [-0.1, -0.05) is 55.4 Å². The van der Waals surface area contributed by atoms with Crippen LogP contribution >= 0.6 is 11.8 Å². The standard InChI is InChI=1S/C22H26N2O3S/c1-15(2)17-14-16(3)8-9-20(17)27-12-13-28-22-23-18-6-4-5-7-19(18)24(22)11-10-21(25)26/h4-9,14-15H,10-13H2,1-3H3,(H,25,26)/p-1. The van der Waals surface area contributed by atoms with Gasteiger partial charge < -0.3 is 19.2 Å². The minimum absolute atomic E-state index is 0.0362. The Hall–Kier alpha value is -2.47. The van der Waals surface area contributed by atoms with Gasteiger partial charge in [0.2, 0.25) is 0 Å². The molecule has 0 aliphatic carbocycles. The number of imidazole rings is 1. The van der Waals surface area contributed by atoms with Gasteiger partial charge in [0.05, 0.1) is 17.6 Å². The molecule has 0 amide bonds. The van der Waals surface area contributed by atoms with Crippen molar-refractivity contribution >= 4 is 28.8 Å². The average molecular weight is 398 g/mol. The molecule has 0 saturated carbocycles. The number of fused-ring (bicyclic) bond motifs is 1. The van der Waals surface area contributed by atoms with Crippen LogP contribution in [0.25, 0.3) is 11.0 Å². The van der Waals surface area contributed by atoms with E-state index in [-0.39, 0.29) is 6.42 Å². The average Bonchev–Trinajstić information content (AvgIpc) is 3.01. The van der Waals surface area contributed by atoms with E-state index in [4.69, 9.17) is 4.74 Å². The Kier molecular flexibility index (Phi) is 6.62. The molecular weight excluding hydrogens is 372 g/mol. The molecule has 0 spiro atoms. The minimum atomic E-state index is -1.06. The second kappa shape index (κ2) is 9.15. The molecule has 0 unspecified atom stereocenters. The van der Waals surface area contributed by atoms with Crippen LogP contribution in [-0.4, -0.2) is 27.9 Å². The zero-order valence-electron chi connectivity index (χ0n) is 16.5. The lowest BCUT2D eigenvalue weighted by atomic mass is 10.00. The summed E-state index contributed by atoms with van der Waals surface area (Å²) in [5.74, 6) is 0.987. The maximum absolute atomic E-state index is 10.9. The number of nitrogens with zero attached hydrogens (tertiary/aromatic N) is 2. The zero-order valence-corrected chi connectivity index (χ0v) is 17.3. The van der Waals surface area contributed by atoms with Crippen molar-refractivity contribution in [2.75, 3.05) is 12.4 Å². The molecule has 1 aromatic heterocycles. The van der Waals surface area contributed by atoms with Gasteiger partial charge in [-0.25, -0.2) is 4.98 Å². The molecule has 0 aliphatic rings. The number of aromatic nitrogens is 2. The number of thioether (sulfide) groups is 1. The third kappa shape index (κ3) is 4.87. The highest BCUT2D eigenvalue weighted by molar-refractivity contribution is 7.99. The molecule has 0 atom stereocenters. The molecule has 148 valence electrons. The summed E-state index contributed by atoms with van der Waals surface area (Å²) in [6.07, 6.45) is -0.0362. The van der Waals surface area contributed by atoms with E-state index in [0.29, 0.717) is 19.1 Å². The molecule has 5 nitrogen and oxygen atoms in total. The van der Waals surface area contributed by atoms with Crippen molar-refractivity contribution in [3.63, 3.8) is 0 Å². The Labute approximate surface area is 169 Å². The van der Waals surface area contributed by atoms with Gasteiger partial charge >= 0.3 is 0 Å². The van der Waals surface area contributed by atoms with Gasteiger partial charge in [0.25, 0.3) is 0 Å². The number of hydrogen-bond donors (Lipinski definition) is 0. The Morgan fingerprint density at radius 3 is 2.79 bits per heavy atom. The highest BCUT2D eigenvalue weighted by atomic mass is 32.2. The lowest BCUT2D eigenvalue weighted by molar-refractivity contribution is -0.305. The topological polar surface area (TPSA) is 67.2 Å². The number of aliphatic carboxylic acids is 1. The maximum Gasteiger partial charge on any atom is 0.169 e. The smallest absolute Gasteiger partial charge is 0.169 e. The molecule has 1 heterocycles. The molecule has 0 bridgehead atoms. The fourth-order valence-corrected chi connectivity index (χ4v) is 3.98. The van der Waals surface area contributed by atoms with Gasteiger partial charge in [-0.15, -0.1) is 0 Å². The first kappa shape index (κ1) is 20.3. The molecule has 0 N–H and O–H groups in total. The van der Waals surface area contributed by atoms with Gasteiger partial charge in [-0.2, -0.15) is 0 Å². The van der Waals surface area contributed by atoms with Gasteiger partial charge in [-0.3, -0.25) is 0 Å². The quantitative estimate of drug-likeness (QED) is 0.406. The van der Waals surface area contributed by atoms with Crippen molar-refractivity contribution in [3.8, 4) is 5.75 Å². The van der Waals surface area contributed by atoms with E-state index in [1.54, 1.807) is 11.8 Å². The highest BCUT2D eigenvalue weighted by Gasteiger charge is 2.12. The zero-order chi connectivity index (χ0) is 20.1. The molecule has 3 rings (SSSR count). The molecular formula is C22H25N2O3S-. The number of rotatable bonds is 9. The number of para-hydroxylation sites is 2. The molecule has 0 saturated heterocycles. The van der Waals surface area contributed by atoms with Crippen LogP contribution < -0.4 is 9.84 Å². The van der Waals surface area contributed by atoms with Crippen LogP contribution in [0.5, 0.6) is 5.75 Å². The normalized spacial score (nSPS) is 11.3. The van der Waals surface area contributed by atoms with Crippen molar-refractivity contribution in [1.29, 1.82) is 0 Å². The number of carbonyl (C=O) groups is 1. The Morgan fingerprint density at radius 2 is 2.04 bits per heavy atom. The lowest BCUT2D eigenvalue weighted by Gasteiger charge is -2.15. The van der Waals surface area contributed by atoms with E-state index >= 15 is 0 Å². The van der Waals surface area contributed by atoms with E-state index in [1.165, 1.54) is 11.1 Å². The summed E-state index contributed by atoms with van der Waals surface area (Å²) >= 11 is 1.57. The first-order valence-electron chi connectivity index (χ1n) is 9.47. The van der Waals surface area contributed by atoms with E-state index in [0.717, 1.165) is 27.7 Å². The first-order valence-corrected chi connectivity index (χ1v) is 10.5. The van der Waals surface area contributed by atoms with Crippen LogP contribution in [0.15, 0.2) is 47.6 Å². The predicted octanol–water partition coefficient (Wildman–Crippen LogP) is 3.78. The predicted molar refractivity (Wildman–Crippen MR) is 111 cm³/mol. The number of ether oxygens (including phenoxy) is 1. The molecule has 6 heteroatoms. The molecule has 2 aromatic carbocycles. The second-order valence-electron chi connectivity index (χ2n) is 7.05. The van der Waals surface area contributed by atoms with Crippen LogP contribution in [0.3, 0.4) is 0 Å². The van der Waals surface area contributed by atoms with Gasteiger partial charge in [0.15, 0.2) is 5.16 Å². The Balaban J connectivity index is 1.67. The van der Waals surface area contributed by atoms with Crippen molar-refractivity contribution < 1.29 is 14.6 Å². The summed E-state index contributed by atoms with van der Waals surface area (Å²) in [5.41, 5.74) is 4.25. The third-order valence-electron chi connectivity index (χ3n) is 4.52. The second-order valence-corrected chi connectivity index (χ2v) is 8.11. The molecule has 3 aromatic rings. The van der Waals surface area contributed by atoms with E-state index in [9.17, 15) is 9.90 Å². The molecule has 0 aliphatic heterocycles. The minimum Gasteiger partial charge on any atom is -0.550 e. The largest absolute Gasteiger partial charge is 0.550 e. The third-order valence-corrected chi connectivity index (χ3v) is 5.46. The molecule has 28 heavy (non-hydrogen) atoms. The Bertz CT molecular complexity index is 966. The number of carbonyl (C=O) groups excluding carboxylic acids is 1. The van der Waals surface area contributed by atoms with Crippen molar-refractivity contribution in [1.82, 2.24) is 9.55 Å². The fraction of sp³-hybridized carbons (Fsp3) is 0.364. The maximum atomic E-state index is 10.9. The monoisotopic (exact) mass is 397 g/mol. The molecule has 0 fully saturated rings. The molecule has 0 radical (unpaired) electrons. The lowest BCUT2D eigenvalue weighted by Crippen LogP contribution is -2.23. The summed E-state index contributed by atoms with van der Waals surface area (Å²) in [7, 11) is 0. The number of aryl methyl sites for hydroxylation is 2. The van der Waals surface area contributed by atoms with Crippen LogP contribution in [-0.2, 0) is 11.3 Å². The van der Waals surface area contributed by atoms with E-state index in [1.807, 2.05) is 34.9 Å². The van der Waals surface area contributed by atoms with Crippen LogP contribution in [0.2, 0.25) is 0 Å². The number of carboxylic acid groups (broad SMARTS) is 1. The summed E-state index contributed by atoms with van der Waals surface area (Å²) < 4.78 is 7.97. The summed E-state index contributed by atoms with van der Waals surface area (Å²) in [6.45, 7) is 7.31. The Morgan fingerprint density at radius 1 is 1.25 bits per heavy atom. The number of benzene rings is 2. The van der Waals surface area contributed by atoms with Gasteiger partial charge in [0.1, 0.15) is 5.75 Å². The van der Waals surface area contributed by atoms with Gasteiger partial charge in [-0.05, 0) is 36.6 Å². The fourth-order valence-electron chi connectivity index (χ4n) is 3.12. The summed E-state index contributed by atoms with van der Waals surface area (Å²) in [6, 6.07) is 14.0. The summed E-state index contributed by atoms with van der Waals surface area (Å²) in [4.78, 5) is 15.5. The van der Waals surface area contributed by atoms with Crippen LogP contribution in [0, 0.1) is 6.92 Å². The van der Waals surface area contributed by atoms with Gasteiger partial charge in [0, 0.05) is 24.7 Å². The van der Waals surface area contributed by atoms with E-state index < -0.39 is 5.97 Å². The van der Waals surface area contributed by atoms with Crippen LogP contribution in [0.1, 0.15) is 37.3 Å². The first-order chi connectivity index (χ1) is 13.5. The van der Waals surface area contributed by atoms with Crippen molar-refractivity contribution in [2.45, 2.75) is 44.8 Å². The van der Waals surface area contributed by atoms with Crippen LogP contribution in [0.4, 0.5) is 0 Å². The summed E-state index contributed by atoms with van der Waals surface area (Å²) in [5, 5.41) is 11.7. The van der Waals surface area contributed by atoms with Crippen molar-refractivity contribution in [3.05, 3.63) is 53.6 Å². The number of hydrogen-bond acceptors (Lipinski definition) is 5.